The van der Waals surface area contributed by atoms with Crippen molar-refractivity contribution in [1.29, 1.82) is 0 Å². The molecular weight excluding hydrogens is 1600 g/mol. The summed E-state index contributed by atoms with van der Waals surface area (Å²) in [5, 5.41) is 15.0. The number of hydrogen-bond acceptors (Lipinski definition) is 2. The molecule has 0 amide bonds. The van der Waals surface area contributed by atoms with Gasteiger partial charge in [-0.25, -0.2) is 9.97 Å². The molecule has 8 heteroatoms. The molecule has 0 radical (unpaired) electrons. The standard InChI is InChI=1S/C48H32N2.C42H27N3.C34H23N3/c1-4-14-33(15-5-1)36-24-26-39(27-25-36)49-45-22-12-10-20-41(45)43-31-44-42-21-11-13-23-46(42)50(48(44)32-47(43)49)40-29-37(34-16-6-2-7-17-34)28-38(30-40)35-18-8-3-9-19-35;1-2-12-28(13-3-1)44-39-20-10-6-16-33(39)35-26-36-34-17-7-11-21-40(34)45(42(36)27-41(35)44)30-24-22-29(23-25-30)43-37-18-8-4-14-31(37)32-15-5-9-19-38(32)43;1-3-12-24(13-4-1)26-16-11-17-27(22-26)31-23-30(25-14-5-2-6-15-25)35-34(36-31)37-32-20-9-7-18-28(32)29-19-8-10-21-33(29)37/h1-32H;1-27H;1-23H. The van der Waals surface area contributed by atoms with Crippen molar-refractivity contribution < 1.29 is 0 Å². The molecule has 132 heavy (non-hydrogen) atoms. The number of hydrogen-bond donors (Lipinski definition) is 0. The summed E-state index contributed by atoms with van der Waals surface area (Å²) < 4.78 is 14.3. The van der Waals surface area contributed by atoms with Crippen LogP contribution in [-0.4, -0.2) is 37.4 Å². The molecular formula is C124H82N8. The Morgan fingerprint density at radius 3 is 0.697 bits per heavy atom. The number of benzene rings is 20. The second-order valence-electron chi connectivity index (χ2n) is 33.9. The van der Waals surface area contributed by atoms with E-state index < -0.39 is 0 Å². The second-order valence-corrected chi connectivity index (χ2v) is 33.9. The number of fused-ring (bicyclic) bond motifs is 18. The molecule has 27 rings (SSSR count). The molecule has 20 aromatic carbocycles. The van der Waals surface area contributed by atoms with Crippen LogP contribution in [-0.2, 0) is 0 Å². The van der Waals surface area contributed by atoms with Crippen molar-refractivity contribution in [2.75, 3.05) is 0 Å². The summed E-state index contributed by atoms with van der Waals surface area (Å²) in [5.74, 6) is 0.666. The van der Waals surface area contributed by atoms with Crippen molar-refractivity contribution in [1.82, 2.24) is 37.4 Å². The summed E-state index contributed by atoms with van der Waals surface area (Å²) in [6, 6.07) is 178. The molecule has 0 spiro atoms. The van der Waals surface area contributed by atoms with E-state index >= 15 is 0 Å². The van der Waals surface area contributed by atoms with E-state index in [1.165, 1.54) is 164 Å². The molecule has 0 fully saturated rings. The van der Waals surface area contributed by atoms with Crippen LogP contribution in [0, 0.1) is 0 Å². The van der Waals surface area contributed by atoms with E-state index in [0.29, 0.717) is 5.95 Å². The Bertz CT molecular complexity index is 8930. The minimum Gasteiger partial charge on any atom is -0.309 e. The third-order valence-electron chi connectivity index (χ3n) is 26.3. The summed E-state index contributed by atoms with van der Waals surface area (Å²) in [4.78, 5) is 10.3. The summed E-state index contributed by atoms with van der Waals surface area (Å²) in [6.07, 6.45) is 0. The molecule has 0 aliphatic carbocycles. The van der Waals surface area contributed by atoms with Gasteiger partial charge in [0.05, 0.1) is 77.6 Å². The van der Waals surface area contributed by atoms with E-state index in [0.717, 1.165) is 61.9 Å². The Hall–Kier alpha value is -17.7. The molecule has 0 saturated heterocycles. The number of aromatic nitrogens is 8. The van der Waals surface area contributed by atoms with Crippen LogP contribution in [0.25, 0.3) is 232 Å². The maximum atomic E-state index is 5.16. The van der Waals surface area contributed by atoms with Gasteiger partial charge in [-0.2, -0.15) is 0 Å². The smallest absolute Gasteiger partial charge is 0.235 e. The van der Waals surface area contributed by atoms with Crippen molar-refractivity contribution in [3.8, 4) is 101 Å². The van der Waals surface area contributed by atoms with Crippen LogP contribution in [0.5, 0.6) is 0 Å². The highest BCUT2D eigenvalue weighted by Gasteiger charge is 2.25. The van der Waals surface area contributed by atoms with Crippen LogP contribution < -0.4 is 0 Å². The van der Waals surface area contributed by atoms with Gasteiger partial charge in [-0.15, -0.1) is 0 Å². The van der Waals surface area contributed by atoms with Crippen LogP contribution in [0.15, 0.2) is 497 Å². The largest absolute Gasteiger partial charge is 0.309 e. The van der Waals surface area contributed by atoms with Crippen molar-refractivity contribution in [3.05, 3.63) is 497 Å². The molecule has 618 valence electrons. The molecule has 0 atom stereocenters. The Labute approximate surface area is 761 Å². The number of nitrogens with zero attached hydrogens (tertiary/aromatic N) is 8. The van der Waals surface area contributed by atoms with Crippen molar-refractivity contribution in [2.24, 2.45) is 0 Å². The molecule has 0 bridgehead atoms. The fourth-order valence-electron chi connectivity index (χ4n) is 20.3. The van der Waals surface area contributed by atoms with Gasteiger partial charge in [0.2, 0.25) is 5.95 Å². The first-order chi connectivity index (χ1) is 65.5. The van der Waals surface area contributed by atoms with Crippen molar-refractivity contribution in [3.63, 3.8) is 0 Å². The minimum absolute atomic E-state index is 0.666. The van der Waals surface area contributed by atoms with E-state index in [9.17, 15) is 0 Å². The molecule has 27 aromatic rings. The topological polar surface area (TPSA) is 55.4 Å². The van der Waals surface area contributed by atoms with Gasteiger partial charge in [-0.1, -0.05) is 346 Å². The van der Waals surface area contributed by atoms with Crippen LogP contribution in [0.2, 0.25) is 0 Å². The van der Waals surface area contributed by atoms with E-state index in [-0.39, 0.29) is 0 Å². The van der Waals surface area contributed by atoms with Crippen LogP contribution >= 0.6 is 0 Å². The number of rotatable bonds is 12. The minimum atomic E-state index is 0.666. The zero-order valence-corrected chi connectivity index (χ0v) is 71.9. The Kier molecular flexibility index (Phi) is 18.8. The van der Waals surface area contributed by atoms with Crippen molar-refractivity contribution in [2.45, 2.75) is 0 Å². The maximum Gasteiger partial charge on any atom is 0.235 e. The lowest BCUT2D eigenvalue weighted by Crippen LogP contribution is -2.04. The highest BCUT2D eigenvalue weighted by molar-refractivity contribution is 6.21. The summed E-state index contributed by atoms with van der Waals surface area (Å²) in [5.41, 5.74) is 33.5. The van der Waals surface area contributed by atoms with Crippen LogP contribution in [0.3, 0.4) is 0 Å². The first kappa shape index (κ1) is 76.7. The highest BCUT2D eigenvalue weighted by Crippen LogP contribution is 2.45. The zero-order valence-electron chi connectivity index (χ0n) is 71.9. The molecule has 0 aliphatic heterocycles. The zero-order chi connectivity index (χ0) is 87.1. The molecule has 0 aliphatic rings. The second kappa shape index (κ2) is 32.3. The SMILES string of the molecule is c1ccc(-c2ccc(-n3c4ccccc4c4cc5c6ccccc6n(-c6cc(-c7ccccc7)cc(-c7ccccc7)c6)c5cc43)cc2)cc1.c1ccc(-c2cccc(-c3cc(-c4ccccc4)nc(-n4c5ccccc5c5ccccc54)n3)c2)cc1.c1ccc(-n2c3ccccc3c3cc4c5ccccc5n(-c5ccc(-n6c7ccccc7c7ccccc76)cc5)c4cc32)cc1. The predicted octanol–water partition coefficient (Wildman–Crippen LogP) is 32.4. The van der Waals surface area contributed by atoms with Gasteiger partial charge in [0, 0.05) is 104 Å². The Balaban J connectivity index is 0.000000108. The molecule has 7 heterocycles. The van der Waals surface area contributed by atoms with Gasteiger partial charge in [-0.3, -0.25) is 4.57 Å². The molecule has 0 saturated carbocycles. The van der Waals surface area contributed by atoms with E-state index in [4.69, 9.17) is 9.97 Å². The first-order valence-corrected chi connectivity index (χ1v) is 45.1. The Morgan fingerprint density at radius 2 is 0.341 bits per heavy atom. The summed E-state index contributed by atoms with van der Waals surface area (Å²) in [6.45, 7) is 0. The Morgan fingerprint density at radius 1 is 0.114 bits per heavy atom. The maximum absolute atomic E-state index is 5.16. The first-order valence-electron chi connectivity index (χ1n) is 45.1. The summed E-state index contributed by atoms with van der Waals surface area (Å²) >= 11 is 0. The van der Waals surface area contributed by atoms with Gasteiger partial charge in [0.15, 0.2) is 0 Å². The number of para-hydroxylation sites is 9. The summed E-state index contributed by atoms with van der Waals surface area (Å²) in [7, 11) is 0. The third-order valence-corrected chi connectivity index (χ3v) is 26.3. The monoisotopic (exact) mass is 1680 g/mol. The fourth-order valence-corrected chi connectivity index (χ4v) is 20.3. The average molecular weight is 1680 g/mol. The third kappa shape index (κ3) is 13.2. The predicted molar refractivity (Wildman–Crippen MR) is 554 cm³/mol. The normalized spacial score (nSPS) is 11.6. The fraction of sp³-hybridized carbons (Fsp3) is 0. The lowest BCUT2D eigenvalue weighted by Gasteiger charge is -2.14. The van der Waals surface area contributed by atoms with Crippen LogP contribution in [0.4, 0.5) is 0 Å². The lowest BCUT2D eigenvalue weighted by atomic mass is 9.98. The molecule has 0 unspecified atom stereocenters. The van der Waals surface area contributed by atoms with Crippen molar-refractivity contribution >= 4 is 131 Å². The lowest BCUT2D eigenvalue weighted by molar-refractivity contribution is 0.995. The van der Waals surface area contributed by atoms with Gasteiger partial charge < -0.3 is 22.8 Å². The van der Waals surface area contributed by atoms with E-state index in [2.05, 4.69) is 501 Å². The molecule has 7 aromatic heterocycles. The highest BCUT2D eigenvalue weighted by atomic mass is 15.2. The quantitative estimate of drug-likeness (QED) is 0.122. The molecule has 8 nitrogen and oxygen atoms in total. The average Bonchev–Trinajstić information content (AvgIpc) is 1.56. The van der Waals surface area contributed by atoms with Gasteiger partial charge in [0.25, 0.3) is 0 Å². The van der Waals surface area contributed by atoms with Crippen LogP contribution in [0.1, 0.15) is 0 Å². The van der Waals surface area contributed by atoms with E-state index in [1.807, 2.05) is 24.3 Å². The van der Waals surface area contributed by atoms with Gasteiger partial charge >= 0.3 is 0 Å². The van der Waals surface area contributed by atoms with E-state index in [1.54, 1.807) is 0 Å². The van der Waals surface area contributed by atoms with Gasteiger partial charge in [0.1, 0.15) is 0 Å². The molecule has 0 N–H and O–H groups in total. The van der Waals surface area contributed by atoms with Gasteiger partial charge in [-0.05, 0) is 196 Å².